The van der Waals surface area contributed by atoms with Gasteiger partial charge in [0, 0.05) is 23.5 Å². The van der Waals surface area contributed by atoms with Gasteiger partial charge in [-0.15, -0.1) is 0 Å². The number of nitrogens with two attached hydrogens (primary N) is 1. The Morgan fingerprint density at radius 3 is 2.87 bits per heavy atom. The highest BCUT2D eigenvalue weighted by molar-refractivity contribution is 5.95. The quantitative estimate of drug-likeness (QED) is 0.347. The van der Waals surface area contributed by atoms with Gasteiger partial charge in [-0.1, -0.05) is 38.5 Å². The average Bonchev–Trinajstić information content (AvgIpc) is 3.40. The molecule has 0 aliphatic heterocycles. The number of hydrogen-bond acceptors (Lipinski definition) is 6. The second-order valence-corrected chi connectivity index (χ2v) is 7.20. The Morgan fingerprint density at radius 1 is 1.30 bits per heavy atom. The molecular formula is C22H28N4O4. The SMILES string of the molecule is CCCCOC(=O)C(Cc1c[nH]c2ccccc12)NC(=O)c1coc(C(N)CC)n1. The first kappa shape index (κ1) is 21.6. The summed E-state index contributed by atoms with van der Waals surface area (Å²) in [5, 5.41) is 3.74. The van der Waals surface area contributed by atoms with Crippen molar-refractivity contribution in [1.82, 2.24) is 15.3 Å². The molecule has 3 rings (SSSR count). The van der Waals surface area contributed by atoms with Crippen LogP contribution in [-0.4, -0.2) is 34.5 Å². The average molecular weight is 412 g/mol. The molecule has 30 heavy (non-hydrogen) atoms. The molecule has 2 aromatic heterocycles. The smallest absolute Gasteiger partial charge is 0.328 e. The number of esters is 1. The number of nitrogens with zero attached hydrogens (tertiary/aromatic N) is 1. The number of aromatic nitrogens is 2. The van der Waals surface area contributed by atoms with Crippen LogP contribution in [0.1, 0.15) is 61.1 Å². The number of unbranched alkanes of at least 4 members (excludes halogenated alkanes) is 1. The Morgan fingerprint density at radius 2 is 2.10 bits per heavy atom. The third-order valence-corrected chi connectivity index (χ3v) is 4.94. The van der Waals surface area contributed by atoms with Crippen LogP contribution in [0.15, 0.2) is 41.1 Å². The van der Waals surface area contributed by atoms with Gasteiger partial charge >= 0.3 is 5.97 Å². The van der Waals surface area contributed by atoms with E-state index < -0.39 is 17.9 Å². The number of hydrogen-bond donors (Lipinski definition) is 3. The fourth-order valence-corrected chi connectivity index (χ4v) is 3.10. The van der Waals surface area contributed by atoms with E-state index in [2.05, 4.69) is 15.3 Å². The highest BCUT2D eigenvalue weighted by Crippen LogP contribution is 2.20. The number of rotatable bonds is 10. The molecule has 1 amide bonds. The van der Waals surface area contributed by atoms with Crippen molar-refractivity contribution >= 4 is 22.8 Å². The number of para-hydroxylation sites is 1. The van der Waals surface area contributed by atoms with Crippen molar-refractivity contribution in [3.05, 3.63) is 53.9 Å². The van der Waals surface area contributed by atoms with Crippen LogP contribution in [-0.2, 0) is 16.0 Å². The predicted octanol–water partition coefficient (Wildman–Crippen LogP) is 3.25. The van der Waals surface area contributed by atoms with Gasteiger partial charge in [-0.3, -0.25) is 4.79 Å². The van der Waals surface area contributed by atoms with Crippen molar-refractivity contribution in [3.8, 4) is 0 Å². The molecule has 0 bridgehead atoms. The molecule has 0 fully saturated rings. The van der Waals surface area contributed by atoms with Gasteiger partial charge in [0.15, 0.2) is 5.69 Å². The lowest BCUT2D eigenvalue weighted by atomic mass is 10.0. The van der Waals surface area contributed by atoms with Crippen molar-refractivity contribution in [2.45, 2.75) is 51.6 Å². The second kappa shape index (κ2) is 10.1. The largest absolute Gasteiger partial charge is 0.464 e. The van der Waals surface area contributed by atoms with E-state index in [1.165, 1.54) is 6.26 Å². The minimum atomic E-state index is -0.853. The molecule has 0 radical (unpaired) electrons. The van der Waals surface area contributed by atoms with Gasteiger partial charge in [0.25, 0.3) is 5.91 Å². The molecule has 8 nitrogen and oxygen atoms in total. The van der Waals surface area contributed by atoms with Crippen molar-refractivity contribution in [1.29, 1.82) is 0 Å². The van der Waals surface area contributed by atoms with Gasteiger partial charge in [-0.25, -0.2) is 9.78 Å². The highest BCUT2D eigenvalue weighted by atomic mass is 16.5. The summed E-state index contributed by atoms with van der Waals surface area (Å²) in [7, 11) is 0. The molecule has 8 heteroatoms. The van der Waals surface area contributed by atoms with E-state index in [-0.39, 0.29) is 11.7 Å². The van der Waals surface area contributed by atoms with Gasteiger partial charge in [0.2, 0.25) is 5.89 Å². The number of oxazole rings is 1. The summed E-state index contributed by atoms with van der Waals surface area (Å²) in [4.78, 5) is 32.8. The normalized spacial score (nSPS) is 13.2. The molecular weight excluding hydrogens is 384 g/mol. The van der Waals surface area contributed by atoms with Crippen molar-refractivity contribution in [2.24, 2.45) is 5.73 Å². The third-order valence-electron chi connectivity index (χ3n) is 4.94. The molecule has 0 aliphatic carbocycles. The predicted molar refractivity (Wildman–Crippen MR) is 113 cm³/mol. The number of fused-ring (bicyclic) bond motifs is 1. The highest BCUT2D eigenvalue weighted by Gasteiger charge is 2.26. The Labute approximate surface area is 175 Å². The van der Waals surface area contributed by atoms with E-state index in [1.54, 1.807) is 0 Å². The maximum Gasteiger partial charge on any atom is 0.328 e. The Hall–Kier alpha value is -3.13. The number of nitrogens with one attached hydrogen (secondary N) is 2. The monoisotopic (exact) mass is 412 g/mol. The summed E-state index contributed by atoms with van der Waals surface area (Å²) >= 11 is 0. The molecule has 1 aromatic carbocycles. The minimum absolute atomic E-state index is 0.0826. The number of carbonyl (C=O) groups is 2. The van der Waals surface area contributed by atoms with Gasteiger partial charge in [0.05, 0.1) is 12.6 Å². The zero-order valence-corrected chi connectivity index (χ0v) is 17.3. The summed E-state index contributed by atoms with van der Waals surface area (Å²) in [5.74, 6) is -0.692. The summed E-state index contributed by atoms with van der Waals surface area (Å²) in [6.45, 7) is 4.23. The summed E-state index contributed by atoms with van der Waals surface area (Å²) in [6.07, 6.45) is 5.70. The van der Waals surface area contributed by atoms with E-state index >= 15 is 0 Å². The Kier molecular flexibility index (Phi) is 7.24. The van der Waals surface area contributed by atoms with Crippen LogP contribution in [0.3, 0.4) is 0 Å². The number of ether oxygens (including phenoxy) is 1. The fourth-order valence-electron chi connectivity index (χ4n) is 3.10. The first-order valence-corrected chi connectivity index (χ1v) is 10.3. The summed E-state index contributed by atoms with van der Waals surface area (Å²) < 4.78 is 10.7. The summed E-state index contributed by atoms with van der Waals surface area (Å²) in [6, 6.07) is 6.56. The third kappa shape index (κ3) is 5.07. The van der Waals surface area contributed by atoms with E-state index in [4.69, 9.17) is 14.9 Å². The van der Waals surface area contributed by atoms with Gasteiger partial charge < -0.3 is 25.2 Å². The van der Waals surface area contributed by atoms with Crippen LogP contribution in [0.4, 0.5) is 0 Å². The Bertz CT molecular complexity index is 994. The zero-order chi connectivity index (χ0) is 21.5. The molecule has 0 spiro atoms. The lowest BCUT2D eigenvalue weighted by Crippen LogP contribution is -2.43. The van der Waals surface area contributed by atoms with Crippen LogP contribution < -0.4 is 11.1 Å². The first-order chi connectivity index (χ1) is 14.5. The molecule has 3 aromatic rings. The standard InChI is InChI=1S/C22H28N4O4/c1-3-5-10-29-22(28)18(11-14-12-24-17-9-7-6-8-15(14)17)25-20(27)19-13-30-21(26-19)16(23)4-2/h6-9,12-13,16,18,24H,3-5,10-11,23H2,1-2H3,(H,25,27). The molecule has 2 heterocycles. The van der Waals surface area contributed by atoms with Gasteiger partial charge in [-0.2, -0.15) is 0 Å². The van der Waals surface area contributed by atoms with Crippen LogP contribution in [0, 0.1) is 0 Å². The van der Waals surface area contributed by atoms with E-state index in [1.807, 2.05) is 44.3 Å². The number of amides is 1. The van der Waals surface area contributed by atoms with E-state index in [9.17, 15) is 9.59 Å². The molecule has 4 N–H and O–H groups in total. The van der Waals surface area contributed by atoms with Crippen molar-refractivity contribution in [3.63, 3.8) is 0 Å². The lowest BCUT2D eigenvalue weighted by molar-refractivity contribution is -0.146. The molecule has 0 saturated carbocycles. The number of aromatic amines is 1. The molecule has 2 unspecified atom stereocenters. The van der Waals surface area contributed by atoms with E-state index in [0.29, 0.717) is 25.3 Å². The molecule has 0 saturated heterocycles. The van der Waals surface area contributed by atoms with Crippen LogP contribution in [0.2, 0.25) is 0 Å². The maximum absolute atomic E-state index is 12.7. The Balaban J connectivity index is 1.77. The van der Waals surface area contributed by atoms with Crippen LogP contribution in [0.25, 0.3) is 10.9 Å². The topological polar surface area (TPSA) is 123 Å². The summed E-state index contributed by atoms with van der Waals surface area (Å²) in [5.41, 5.74) is 7.86. The van der Waals surface area contributed by atoms with Crippen LogP contribution >= 0.6 is 0 Å². The number of H-pyrrole nitrogens is 1. The maximum atomic E-state index is 12.7. The van der Waals surface area contributed by atoms with Gasteiger partial charge in [-0.05, 0) is 24.5 Å². The molecule has 160 valence electrons. The number of carbonyl (C=O) groups excluding carboxylic acids is 2. The number of benzene rings is 1. The van der Waals surface area contributed by atoms with Crippen LogP contribution in [0.5, 0.6) is 0 Å². The first-order valence-electron chi connectivity index (χ1n) is 10.3. The lowest BCUT2D eigenvalue weighted by Gasteiger charge is -2.17. The minimum Gasteiger partial charge on any atom is -0.464 e. The zero-order valence-electron chi connectivity index (χ0n) is 17.3. The van der Waals surface area contributed by atoms with Crippen molar-refractivity contribution < 1.29 is 18.7 Å². The fraction of sp³-hybridized carbons (Fsp3) is 0.409. The van der Waals surface area contributed by atoms with E-state index in [0.717, 1.165) is 29.3 Å². The van der Waals surface area contributed by atoms with Crippen molar-refractivity contribution in [2.75, 3.05) is 6.61 Å². The molecule has 2 atom stereocenters. The second-order valence-electron chi connectivity index (χ2n) is 7.20. The molecule has 0 aliphatic rings. The van der Waals surface area contributed by atoms with Gasteiger partial charge in [0.1, 0.15) is 12.3 Å².